The van der Waals surface area contributed by atoms with E-state index in [4.69, 9.17) is 9.52 Å². The molecule has 21 heavy (non-hydrogen) atoms. The summed E-state index contributed by atoms with van der Waals surface area (Å²) in [7, 11) is 0. The van der Waals surface area contributed by atoms with Gasteiger partial charge in [0.2, 0.25) is 11.8 Å². The number of carboxylic acids is 1. The third-order valence-electron chi connectivity index (χ3n) is 2.64. The third kappa shape index (κ3) is 3.81. The Bertz CT molecular complexity index is 664. The topological polar surface area (TPSA) is 76.2 Å². The maximum absolute atomic E-state index is 13.3. The molecule has 2 rings (SSSR count). The van der Waals surface area contributed by atoms with Crippen LogP contribution in [-0.2, 0) is 11.2 Å². The molecule has 0 amide bonds. The maximum Gasteiger partial charge on any atom is 0.338 e. The molecule has 0 aliphatic rings. The highest BCUT2D eigenvalue weighted by molar-refractivity contribution is 7.98. The van der Waals surface area contributed by atoms with Crippen molar-refractivity contribution in [2.45, 2.75) is 36.8 Å². The molecule has 5 nitrogen and oxygen atoms in total. The Morgan fingerprint density at radius 1 is 1.38 bits per heavy atom. The van der Waals surface area contributed by atoms with Gasteiger partial charge in [0.25, 0.3) is 0 Å². The Hall–Kier alpha value is -1.89. The fraction of sp³-hybridized carbons (Fsp3) is 0.357. The number of hydrogen-bond acceptors (Lipinski definition) is 5. The van der Waals surface area contributed by atoms with E-state index in [0.717, 1.165) is 6.07 Å². The van der Waals surface area contributed by atoms with Crippen LogP contribution < -0.4 is 0 Å². The van der Waals surface area contributed by atoms with Crippen molar-refractivity contribution in [3.63, 3.8) is 0 Å². The number of rotatable bonds is 4. The quantitative estimate of drug-likeness (QED) is 0.871. The van der Waals surface area contributed by atoms with Crippen molar-refractivity contribution in [1.82, 2.24) is 10.2 Å². The number of aromatic nitrogens is 2. The molecule has 112 valence electrons. The fourth-order valence-electron chi connectivity index (χ4n) is 1.52. The number of benzene rings is 1. The highest BCUT2D eigenvalue weighted by Crippen LogP contribution is 2.26. The summed E-state index contributed by atoms with van der Waals surface area (Å²) < 4.78 is 18.8. The number of hydrogen-bond donors (Lipinski definition) is 1. The zero-order valence-electron chi connectivity index (χ0n) is 11.9. The van der Waals surface area contributed by atoms with E-state index in [1.165, 1.54) is 23.9 Å². The first-order valence-corrected chi connectivity index (χ1v) is 7.24. The first-order valence-electron chi connectivity index (χ1n) is 6.26. The van der Waals surface area contributed by atoms with Gasteiger partial charge in [0, 0.05) is 10.3 Å². The molecule has 0 aliphatic carbocycles. The number of thioether (sulfide) groups is 1. The second-order valence-corrected chi connectivity index (χ2v) is 6.54. The average Bonchev–Trinajstić information content (AvgIpc) is 2.86. The van der Waals surface area contributed by atoms with E-state index in [9.17, 15) is 9.18 Å². The smallest absolute Gasteiger partial charge is 0.338 e. The molecule has 1 heterocycles. The normalized spacial score (nSPS) is 11.6. The van der Waals surface area contributed by atoms with Gasteiger partial charge in [-0.15, -0.1) is 22.0 Å². The van der Waals surface area contributed by atoms with Crippen molar-refractivity contribution in [2.24, 2.45) is 0 Å². The van der Waals surface area contributed by atoms with Gasteiger partial charge < -0.3 is 9.52 Å². The van der Waals surface area contributed by atoms with Crippen LogP contribution in [0.4, 0.5) is 4.39 Å². The van der Waals surface area contributed by atoms with Crippen LogP contribution in [-0.4, -0.2) is 21.3 Å². The Balaban J connectivity index is 2.08. The second-order valence-electron chi connectivity index (χ2n) is 5.49. The summed E-state index contributed by atoms with van der Waals surface area (Å²) in [6.45, 7) is 5.91. The van der Waals surface area contributed by atoms with Crippen LogP contribution in [0.15, 0.2) is 27.5 Å². The van der Waals surface area contributed by atoms with Crippen molar-refractivity contribution in [1.29, 1.82) is 0 Å². The Labute approximate surface area is 125 Å². The SMILES string of the molecule is CC(C)(C)c1nnc(CSc2ccc(F)c(C(=O)O)c2)o1. The van der Waals surface area contributed by atoms with E-state index in [1.54, 1.807) is 0 Å². The molecular weight excluding hydrogens is 295 g/mol. The van der Waals surface area contributed by atoms with Crippen molar-refractivity contribution in [3.05, 3.63) is 41.4 Å². The number of halogens is 1. The number of carbonyl (C=O) groups is 1. The highest BCUT2D eigenvalue weighted by Gasteiger charge is 2.21. The van der Waals surface area contributed by atoms with Crippen molar-refractivity contribution < 1.29 is 18.7 Å². The van der Waals surface area contributed by atoms with E-state index < -0.39 is 11.8 Å². The second kappa shape index (κ2) is 5.85. The van der Waals surface area contributed by atoms with Crippen LogP contribution in [0.1, 0.15) is 42.9 Å². The van der Waals surface area contributed by atoms with Gasteiger partial charge in [-0.05, 0) is 18.2 Å². The monoisotopic (exact) mass is 310 g/mol. The lowest BCUT2D eigenvalue weighted by Gasteiger charge is -2.10. The Morgan fingerprint density at radius 2 is 2.10 bits per heavy atom. The summed E-state index contributed by atoms with van der Waals surface area (Å²) in [6.07, 6.45) is 0. The zero-order valence-corrected chi connectivity index (χ0v) is 12.7. The van der Waals surface area contributed by atoms with Gasteiger partial charge in [-0.3, -0.25) is 0 Å². The van der Waals surface area contributed by atoms with E-state index in [0.29, 0.717) is 22.4 Å². The molecule has 7 heteroatoms. The maximum atomic E-state index is 13.3. The summed E-state index contributed by atoms with van der Waals surface area (Å²) in [5.74, 6) is -0.648. The van der Waals surface area contributed by atoms with Gasteiger partial charge in [-0.25, -0.2) is 9.18 Å². The molecule has 0 spiro atoms. The van der Waals surface area contributed by atoms with E-state index in [2.05, 4.69) is 10.2 Å². The summed E-state index contributed by atoms with van der Waals surface area (Å²) >= 11 is 1.31. The van der Waals surface area contributed by atoms with E-state index >= 15 is 0 Å². The Kier molecular flexibility index (Phi) is 4.32. The number of nitrogens with zero attached hydrogens (tertiary/aromatic N) is 2. The molecule has 0 unspecified atom stereocenters. The zero-order chi connectivity index (χ0) is 15.6. The molecule has 0 atom stereocenters. The van der Waals surface area contributed by atoms with Gasteiger partial charge in [0.15, 0.2) is 0 Å². The van der Waals surface area contributed by atoms with Crippen LogP contribution in [0, 0.1) is 5.82 Å². The minimum Gasteiger partial charge on any atom is -0.478 e. The lowest BCUT2D eigenvalue weighted by atomic mass is 9.97. The third-order valence-corrected chi connectivity index (χ3v) is 3.62. The van der Waals surface area contributed by atoms with Crippen LogP contribution >= 0.6 is 11.8 Å². The summed E-state index contributed by atoms with van der Waals surface area (Å²) in [6, 6.07) is 3.96. The number of carboxylic acid groups (broad SMARTS) is 1. The van der Waals surface area contributed by atoms with Gasteiger partial charge >= 0.3 is 5.97 Å². The molecule has 2 aromatic rings. The summed E-state index contributed by atoms with van der Waals surface area (Å²) in [5, 5.41) is 16.8. The standard InChI is InChI=1S/C14H15FN2O3S/c1-14(2,3)13-17-16-11(20-13)7-21-8-4-5-10(15)9(6-8)12(18)19/h4-6H,7H2,1-3H3,(H,18,19). The van der Waals surface area contributed by atoms with Gasteiger partial charge in [0.05, 0.1) is 11.3 Å². The Morgan fingerprint density at radius 3 is 2.67 bits per heavy atom. The molecule has 1 N–H and O–H groups in total. The van der Waals surface area contributed by atoms with E-state index in [-0.39, 0.29) is 11.0 Å². The van der Waals surface area contributed by atoms with Crippen LogP contribution in [0.3, 0.4) is 0 Å². The lowest BCUT2D eigenvalue weighted by Crippen LogP contribution is -2.11. The summed E-state index contributed by atoms with van der Waals surface area (Å²) in [5.41, 5.74) is -0.566. The van der Waals surface area contributed by atoms with Crippen molar-refractivity contribution in [3.8, 4) is 0 Å². The van der Waals surface area contributed by atoms with Crippen LogP contribution in [0.2, 0.25) is 0 Å². The van der Waals surface area contributed by atoms with Crippen LogP contribution in [0.25, 0.3) is 0 Å². The summed E-state index contributed by atoms with van der Waals surface area (Å²) in [4.78, 5) is 11.5. The molecule has 0 bridgehead atoms. The van der Waals surface area contributed by atoms with Crippen molar-refractivity contribution >= 4 is 17.7 Å². The first kappa shape index (κ1) is 15.5. The first-order chi connectivity index (χ1) is 9.77. The predicted octanol–water partition coefficient (Wildman–Crippen LogP) is 3.50. The van der Waals surface area contributed by atoms with E-state index in [1.807, 2.05) is 20.8 Å². The molecule has 0 saturated carbocycles. The van der Waals surface area contributed by atoms with Crippen LogP contribution in [0.5, 0.6) is 0 Å². The lowest BCUT2D eigenvalue weighted by molar-refractivity contribution is 0.0691. The molecule has 1 aromatic carbocycles. The molecule has 1 aromatic heterocycles. The minimum atomic E-state index is -1.29. The predicted molar refractivity (Wildman–Crippen MR) is 75.9 cm³/mol. The molecule has 0 saturated heterocycles. The molecule has 0 aliphatic heterocycles. The van der Waals surface area contributed by atoms with Gasteiger partial charge in [0.1, 0.15) is 5.82 Å². The van der Waals surface area contributed by atoms with Gasteiger partial charge in [-0.1, -0.05) is 20.8 Å². The minimum absolute atomic E-state index is 0.220. The van der Waals surface area contributed by atoms with Gasteiger partial charge in [-0.2, -0.15) is 0 Å². The molecular formula is C14H15FN2O3S. The highest BCUT2D eigenvalue weighted by atomic mass is 32.2. The van der Waals surface area contributed by atoms with Crippen molar-refractivity contribution in [2.75, 3.05) is 0 Å². The average molecular weight is 310 g/mol. The fourth-order valence-corrected chi connectivity index (χ4v) is 2.29. The largest absolute Gasteiger partial charge is 0.478 e. The molecule has 0 radical (unpaired) electrons. The number of aromatic carboxylic acids is 1. The molecule has 0 fully saturated rings.